The van der Waals surface area contributed by atoms with Crippen molar-refractivity contribution in [1.82, 2.24) is 14.8 Å². The van der Waals surface area contributed by atoms with Crippen molar-refractivity contribution in [2.24, 2.45) is 0 Å². The van der Waals surface area contributed by atoms with E-state index in [0.29, 0.717) is 0 Å². The van der Waals surface area contributed by atoms with Gasteiger partial charge >= 0.3 is 0 Å². The fourth-order valence-corrected chi connectivity index (χ4v) is 1.65. The van der Waals surface area contributed by atoms with Crippen LogP contribution in [0.2, 0.25) is 0 Å². The average Bonchev–Trinajstić information content (AvgIpc) is 2.59. The second kappa shape index (κ2) is 5.80. The monoisotopic (exact) mass is 197 g/mol. The van der Waals surface area contributed by atoms with Crippen LogP contribution in [0.25, 0.3) is 0 Å². The minimum absolute atomic E-state index is 0.894. The van der Waals surface area contributed by atoms with Gasteiger partial charge in [0.2, 0.25) is 0 Å². The molecule has 0 N–H and O–H groups in total. The molecular formula is C9H15N3S. The van der Waals surface area contributed by atoms with Crippen molar-refractivity contribution in [3.05, 3.63) is 19.0 Å². The molecule has 0 unspecified atom stereocenters. The van der Waals surface area contributed by atoms with Crippen LogP contribution in [0, 0.1) is 0 Å². The molecule has 0 aliphatic heterocycles. The van der Waals surface area contributed by atoms with Gasteiger partial charge in [0.1, 0.15) is 6.33 Å². The first-order valence-corrected chi connectivity index (χ1v) is 5.48. The molecule has 1 aromatic rings. The van der Waals surface area contributed by atoms with Crippen molar-refractivity contribution in [3.8, 4) is 0 Å². The van der Waals surface area contributed by atoms with Gasteiger partial charge < -0.3 is 4.57 Å². The molecule has 0 amide bonds. The number of aromatic nitrogens is 3. The number of thioether (sulfide) groups is 1. The zero-order chi connectivity index (χ0) is 9.52. The maximum absolute atomic E-state index is 4.03. The molecule has 0 radical (unpaired) electrons. The van der Waals surface area contributed by atoms with E-state index < -0.39 is 0 Å². The molecule has 0 aromatic carbocycles. The van der Waals surface area contributed by atoms with Gasteiger partial charge in [-0.2, -0.15) is 0 Å². The summed E-state index contributed by atoms with van der Waals surface area (Å²) in [6.45, 7) is 6.87. The van der Waals surface area contributed by atoms with E-state index in [4.69, 9.17) is 0 Å². The van der Waals surface area contributed by atoms with Crippen LogP contribution >= 0.6 is 11.8 Å². The number of nitrogens with zero attached hydrogens (tertiary/aromatic N) is 3. The first-order valence-electron chi connectivity index (χ1n) is 4.50. The lowest BCUT2D eigenvalue weighted by atomic mass is 10.3. The zero-order valence-electron chi connectivity index (χ0n) is 7.94. The van der Waals surface area contributed by atoms with E-state index in [2.05, 4.69) is 28.3 Å². The van der Waals surface area contributed by atoms with E-state index in [1.165, 1.54) is 12.8 Å². The maximum Gasteiger partial charge on any atom is 0.191 e. The Morgan fingerprint density at radius 1 is 1.69 bits per heavy atom. The first-order chi connectivity index (χ1) is 6.38. The third kappa shape index (κ3) is 3.22. The van der Waals surface area contributed by atoms with Crippen molar-refractivity contribution in [2.75, 3.05) is 5.75 Å². The fraction of sp³-hybridized carbons (Fsp3) is 0.556. The van der Waals surface area contributed by atoms with Gasteiger partial charge in [0.15, 0.2) is 5.16 Å². The molecular weight excluding hydrogens is 182 g/mol. The van der Waals surface area contributed by atoms with E-state index in [1.54, 1.807) is 18.1 Å². The quantitative estimate of drug-likeness (QED) is 0.518. The summed E-state index contributed by atoms with van der Waals surface area (Å²) >= 11 is 1.68. The predicted octanol–water partition coefficient (Wildman–Crippen LogP) is 2.36. The lowest BCUT2D eigenvalue weighted by molar-refractivity contribution is 0.587. The van der Waals surface area contributed by atoms with Gasteiger partial charge in [0.25, 0.3) is 0 Å². The number of hydrogen-bond donors (Lipinski definition) is 0. The molecule has 3 nitrogen and oxygen atoms in total. The number of unbranched alkanes of at least 4 members (excludes halogenated alkanes) is 1. The summed E-state index contributed by atoms with van der Waals surface area (Å²) in [5, 5.41) is 8.91. The Labute approximate surface area is 83.2 Å². The van der Waals surface area contributed by atoms with Crippen LogP contribution < -0.4 is 0 Å². The van der Waals surface area contributed by atoms with E-state index in [9.17, 15) is 0 Å². The smallest absolute Gasteiger partial charge is 0.191 e. The molecule has 13 heavy (non-hydrogen) atoms. The summed E-state index contributed by atoms with van der Waals surface area (Å²) in [6, 6.07) is 0. The lowest BCUT2D eigenvalue weighted by Crippen LogP contribution is -1.98. The highest BCUT2D eigenvalue weighted by Gasteiger charge is 2.02. The maximum atomic E-state index is 4.03. The lowest BCUT2D eigenvalue weighted by Gasteiger charge is -2.02. The minimum atomic E-state index is 0.894. The summed E-state index contributed by atoms with van der Waals surface area (Å²) in [5.41, 5.74) is 0. The second-order valence-electron chi connectivity index (χ2n) is 2.76. The van der Waals surface area contributed by atoms with E-state index in [1.807, 2.05) is 6.08 Å². The molecule has 1 heterocycles. The Kier molecular flexibility index (Phi) is 4.60. The van der Waals surface area contributed by atoms with Gasteiger partial charge in [-0.25, -0.2) is 0 Å². The van der Waals surface area contributed by atoms with E-state index in [0.717, 1.165) is 17.5 Å². The molecule has 1 rings (SSSR count). The molecule has 0 bridgehead atoms. The summed E-state index contributed by atoms with van der Waals surface area (Å²) in [5.74, 6) is 0.894. The first kappa shape index (κ1) is 10.3. The van der Waals surface area contributed by atoms with Crippen LogP contribution in [0.5, 0.6) is 0 Å². The number of rotatable bonds is 6. The van der Waals surface area contributed by atoms with Gasteiger partial charge in [-0.1, -0.05) is 31.2 Å². The number of hydrogen-bond acceptors (Lipinski definition) is 3. The van der Waals surface area contributed by atoms with Crippen LogP contribution in [0.4, 0.5) is 0 Å². The van der Waals surface area contributed by atoms with Crippen LogP contribution in [-0.4, -0.2) is 20.5 Å². The van der Waals surface area contributed by atoms with E-state index in [-0.39, 0.29) is 0 Å². The normalized spacial score (nSPS) is 10.2. The van der Waals surface area contributed by atoms with Crippen molar-refractivity contribution >= 4 is 11.8 Å². The van der Waals surface area contributed by atoms with Crippen molar-refractivity contribution in [3.63, 3.8) is 0 Å². The summed E-state index contributed by atoms with van der Waals surface area (Å²) in [6.07, 6.45) is 6.05. The molecule has 72 valence electrons. The highest BCUT2D eigenvalue weighted by Crippen LogP contribution is 2.14. The standard InChI is InChI=1S/C9H15N3S/c1-3-5-6-12-8-10-11-9(12)13-7-4-2/h4,8H,2-3,5-7H2,1H3. The van der Waals surface area contributed by atoms with Crippen LogP contribution in [-0.2, 0) is 6.54 Å². The van der Waals surface area contributed by atoms with Gasteiger partial charge in [0.05, 0.1) is 0 Å². The fourth-order valence-electron chi connectivity index (χ4n) is 0.971. The van der Waals surface area contributed by atoms with Gasteiger partial charge in [-0.3, -0.25) is 0 Å². The molecule has 0 saturated carbocycles. The minimum Gasteiger partial charge on any atom is -0.309 e. The second-order valence-corrected chi connectivity index (χ2v) is 3.75. The third-order valence-corrected chi connectivity index (χ3v) is 2.64. The number of aryl methyl sites for hydroxylation is 1. The molecule has 1 aromatic heterocycles. The summed E-state index contributed by atoms with van der Waals surface area (Å²) < 4.78 is 2.09. The van der Waals surface area contributed by atoms with Crippen molar-refractivity contribution in [2.45, 2.75) is 31.5 Å². The highest BCUT2D eigenvalue weighted by molar-refractivity contribution is 7.99. The van der Waals surface area contributed by atoms with Gasteiger partial charge in [-0.05, 0) is 6.42 Å². The predicted molar refractivity (Wildman–Crippen MR) is 55.9 cm³/mol. The molecule has 0 aliphatic rings. The highest BCUT2D eigenvalue weighted by atomic mass is 32.2. The largest absolute Gasteiger partial charge is 0.309 e. The van der Waals surface area contributed by atoms with Crippen molar-refractivity contribution < 1.29 is 0 Å². The Balaban J connectivity index is 2.49. The Hall–Kier alpha value is -0.770. The third-order valence-electron chi connectivity index (χ3n) is 1.66. The van der Waals surface area contributed by atoms with Crippen molar-refractivity contribution in [1.29, 1.82) is 0 Å². The topological polar surface area (TPSA) is 30.7 Å². The Bertz CT molecular complexity index is 257. The van der Waals surface area contributed by atoms with Gasteiger partial charge in [-0.15, -0.1) is 16.8 Å². The van der Waals surface area contributed by atoms with Gasteiger partial charge in [0, 0.05) is 12.3 Å². The molecule has 0 saturated heterocycles. The summed E-state index contributed by atoms with van der Waals surface area (Å²) in [7, 11) is 0. The average molecular weight is 197 g/mol. The summed E-state index contributed by atoms with van der Waals surface area (Å²) in [4.78, 5) is 0. The molecule has 0 fully saturated rings. The van der Waals surface area contributed by atoms with Crippen LogP contribution in [0.3, 0.4) is 0 Å². The molecule has 4 heteroatoms. The van der Waals surface area contributed by atoms with E-state index >= 15 is 0 Å². The van der Waals surface area contributed by atoms with Crippen LogP contribution in [0.15, 0.2) is 24.1 Å². The molecule has 0 spiro atoms. The zero-order valence-corrected chi connectivity index (χ0v) is 8.76. The Morgan fingerprint density at radius 2 is 2.54 bits per heavy atom. The van der Waals surface area contributed by atoms with Crippen LogP contribution in [0.1, 0.15) is 19.8 Å². The SMILES string of the molecule is C=CCSc1nncn1CCCC. The molecule has 0 aliphatic carbocycles. The molecule has 0 atom stereocenters. The Morgan fingerprint density at radius 3 is 3.23 bits per heavy atom.